The number of nitrogens with zero attached hydrogens (tertiary/aromatic N) is 2. The maximum atomic E-state index is 12.7. The molecule has 32 heavy (non-hydrogen) atoms. The summed E-state index contributed by atoms with van der Waals surface area (Å²) in [6, 6.07) is 21.3. The molecule has 0 aliphatic carbocycles. The molecular weight excluding hydrogens is 489 g/mol. The van der Waals surface area contributed by atoms with E-state index in [1.807, 2.05) is 30.3 Å². The van der Waals surface area contributed by atoms with Crippen molar-refractivity contribution >= 4 is 58.3 Å². The number of non-ortho nitro benzene ring substituents is 1. The third-order valence-corrected chi connectivity index (χ3v) is 6.74. The fourth-order valence-electron chi connectivity index (χ4n) is 2.39. The summed E-state index contributed by atoms with van der Waals surface area (Å²) in [5.41, 5.74) is 0.110. The zero-order valence-electron chi connectivity index (χ0n) is 16.1. The third-order valence-electron chi connectivity index (χ3n) is 3.94. The minimum atomic E-state index is -0.553. The predicted octanol–water partition coefficient (Wildman–Crippen LogP) is 6.91. The van der Waals surface area contributed by atoms with Gasteiger partial charge >= 0.3 is 0 Å². The molecule has 1 amide bonds. The highest BCUT2D eigenvalue weighted by molar-refractivity contribution is 8.22. The van der Waals surface area contributed by atoms with Gasteiger partial charge in [-0.25, -0.2) is 0 Å². The van der Waals surface area contributed by atoms with Crippen molar-refractivity contribution in [2.45, 2.75) is 9.79 Å². The highest BCUT2D eigenvalue weighted by Crippen LogP contribution is 2.41. The Morgan fingerprint density at radius 1 is 0.875 bits per heavy atom. The van der Waals surface area contributed by atoms with E-state index in [2.05, 4.69) is 5.32 Å². The minimum absolute atomic E-state index is 0.0493. The number of rotatable bonds is 7. The lowest BCUT2D eigenvalue weighted by atomic mass is 10.2. The van der Waals surface area contributed by atoms with Crippen LogP contribution in [0.4, 0.5) is 5.69 Å². The molecule has 160 valence electrons. The number of nitrogens with one attached hydrogen (secondary N) is 1. The van der Waals surface area contributed by atoms with Crippen molar-refractivity contribution in [2.75, 3.05) is 0 Å². The fraction of sp³-hybridized carbons (Fsp3) is 0. The van der Waals surface area contributed by atoms with E-state index in [4.69, 9.17) is 23.2 Å². The van der Waals surface area contributed by atoms with Gasteiger partial charge < -0.3 is 5.32 Å². The Morgan fingerprint density at radius 2 is 1.34 bits per heavy atom. The van der Waals surface area contributed by atoms with Crippen molar-refractivity contribution in [3.63, 3.8) is 0 Å². The van der Waals surface area contributed by atoms with Gasteiger partial charge in [-0.1, -0.05) is 46.7 Å². The molecule has 0 unspecified atom stereocenters. The highest BCUT2D eigenvalue weighted by Gasteiger charge is 2.16. The number of halogens is 2. The molecule has 0 heterocycles. The van der Waals surface area contributed by atoms with E-state index < -0.39 is 10.8 Å². The second kappa shape index (κ2) is 11.1. The van der Waals surface area contributed by atoms with Crippen LogP contribution in [-0.2, 0) is 0 Å². The molecule has 3 rings (SSSR count). The lowest BCUT2D eigenvalue weighted by molar-refractivity contribution is -0.384. The summed E-state index contributed by atoms with van der Waals surface area (Å²) in [6.45, 7) is 0. The first-order valence-electron chi connectivity index (χ1n) is 8.93. The van der Waals surface area contributed by atoms with Crippen molar-refractivity contribution in [3.05, 3.63) is 108 Å². The molecule has 10 heteroatoms. The first-order valence-corrected chi connectivity index (χ1v) is 11.3. The first-order chi connectivity index (χ1) is 15.4. The Bertz CT molecular complexity index is 1160. The van der Waals surface area contributed by atoms with E-state index in [1.54, 1.807) is 24.3 Å². The Kier molecular flexibility index (Phi) is 8.20. The number of nitro groups is 1. The van der Waals surface area contributed by atoms with Crippen LogP contribution in [0.5, 0.6) is 0 Å². The number of carbonyl (C=O) groups is 1. The predicted molar refractivity (Wildman–Crippen MR) is 128 cm³/mol. The molecule has 0 aliphatic heterocycles. The molecule has 0 atom stereocenters. The Balaban J connectivity index is 1.91. The van der Waals surface area contributed by atoms with Crippen LogP contribution in [0.15, 0.2) is 92.5 Å². The lowest BCUT2D eigenvalue weighted by Gasteiger charge is -2.12. The van der Waals surface area contributed by atoms with Crippen LogP contribution in [-0.4, -0.2) is 10.8 Å². The van der Waals surface area contributed by atoms with E-state index in [-0.39, 0.29) is 16.9 Å². The SMILES string of the molecule is N#CC(NC(=O)c1ccc([N+](=O)[O-])cc1)=C(Sc1ccc(Cl)cc1)Sc1ccc(Cl)cc1. The van der Waals surface area contributed by atoms with Crippen molar-refractivity contribution in [1.82, 2.24) is 5.32 Å². The maximum absolute atomic E-state index is 12.7. The first kappa shape index (κ1) is 23.7. The summed E-state index contributed by atoms with van der Waals surface area (Å²) in [6.07, 6.45) is 0. The van der Waals surface area contributed by atoms with Crippen LogP contribution in [0.3, 0.4) is 0 Å². The Morgan fingerprint density at radius 3 is 1.75 bits per heavy atom. The average molecular weight is 502 g/mol. The summed E-state index contributed by atoms with van der Waals surface area (Å²) in [4.78, 5) is 24.6. The van der Waals surface area contributed by atoms with E-state index >= 15 is 0 Å². The largest absolute Gasteiger partial charge is 0.312 e. The quantitative estimate of drug-likeness (QED) is 0.163. The van der Waals surface area contributed by atoms with E-state index in [1.165, 1.54) is 47.8 Å². The molecule has 6 nitrogen and oxygen atoms in total. The van der Waals surface area contributed by atoms with Crippen LogP contribution < -0.4 is 5.32 Å². The van der Waals surface area contributed by atoms with Gasteiger partial charge in [-0.05, 0) is 60.7 Å². The van der Waals surface area contributed by atoms with Crippen LogP contribution in [0.2, 0.25) is 10.0 Å². The van der Waals surface area contributed by atoms with Crippen molar-refractivity contribution < 1.29 is 9.72 Å². The third kappa shape index (κ3) is 6.52. The molecule has 0 aliphatic rings. The monoisotopic (exact) mass is 501 g/mol. The molecule has 0 saturated carbocycles. The minimum Gasteiger partial charge on any atom is -0.312 e. The van der Waals surface area contributed by atoms with E-state index in [0.717, 1.165) is 9.79 Å². The molecule has 3 aromatic rings. The van der Waals surface area contributed by atoms with Gasteiger partial charge in [0.2, 0.25) is 0 Å². The van der Waals surface area contributed by atoms with Crippen molar-refractivity contribution in [3.8, 4) is 6.07 Å². The molecule has 0 aromatic heterocycles. The number of hydrogen-bond acceptors (Lipinski definition) is 6. The summed E-state index contributed by atoms with van der Waals surface area (Å²) in [5.74, 6) is -0.553. The topological polar surface area (TPSA) is 96.0 Å². The smallest absolute Gasteiger partial charge is 0.269 e. The highest BCUT2D eigenvalue weighted by atomic mass is 35.5. The van der Waals surface area contributed by atoms with Crippen LogP contribution in [0.25, 0.3) is 0 Å². The number of carbonyl (C=O) groups excluding carboxylic acids is 1. The number of nitro benzene ring substituents is 1. The van der Waals surface area contributed by atoms with Crippen molar-refractivity contribution in [1.29, 1.82) is 5.26 Å². The number of hydrogen-bond donors (Lipinski definition) is 1. The maximum Gasteiger partial charge on any atom is 0.269 e. The summed E-state index contributed by atoms with van der Waals surface area (Å²) in [5, 5.41) is 24.4. The van der Waals surface area contributed by atoms with Crippen molar-refractivity contribution in [2.24, 2.45) is 0 Å². The lowest BCUT2D eigenvalue weighted by Crippen LogP contribution is -2.22. The van der Waals surface area contributed by atoms with Gasteiger partial charge in [-0.15, -0.1) is 0 Å². The number of allylic oxidation sites excluding steroid dienone is 1. The zero-order valence-corrected chi connectivity index (χ0v) is 19.3. The van der Waals surface area contributed by atoms with E-state index in [9.17, 15) is 20.2 Å². The van der Waals surface area contributed by atoms with Gasteiger partial charge in [0.25, 0.3) is 11.6 Å². The second-order valence-corrected chi connectivity index (χ2v) is 9.44. The Labute approximate surface area is 202 Å². The Hall–Kier alpha value is -2.96. The molecular formula is C22H13Cl2N3O3S2. The van der Waals surface area contributed by atoms with Gasteiger partial charge in [-0.3, -0.25) is 14.9 Å². The fourth-order valence-corrected chi connectivity index (χ4v) is 4.75. The second-order valence-electron chi connectivity index (χ2n) is 6.14. The van der Waals surface area contributed by atoms with Crippen LogP contribution >= 0.6 is 46.7 Å². The number of benzene rings is 3. The molecule has 0 fully saturated rings. The molecule has 0 radical (unpaired) electrons. The van der Waals surface area contributed by atoms with Gasteiger partial charge in [0.15, 0.2) is 0 Å². The van der Waals surface area contributed by atoms with Gasteiger partial charge in [0.1, 0.15) is 11.8 Å². The average Bonchev–Trinajstić information content (AvgIpc) is 2.80. The van der Waals surface area contributed by atoms with Gasteiger partial charge in [0.05, 0.1) is 9.16 Å². The van der Waals surface area contributed by atoms with E-state index in [0.29, 0.717) is 14.3 Å². The summed E-state index contributed by atoms with van der Waals surface area (Å²) in [7, 11) is 0. The standard InChI is InChI=1S/C22H13Cl2N3O3S2/c23-15-3-9-18(10-4-15)31-22(32-19-11-5-16(24)6-12-19)20(13-25)26-21(28)14-1-7-17(8-2-14)27(29)30/h1-12H,(H,26,28). The van der Waals surface area contributed by atoms with Gasteiger partial charge in [-0.2, -0.15) is 5.26 Å². The number of nitriles is 1. The normalized spacial score (nSPS) is 10.2. The van der Waals surface area contributed by atoms with Gasteiger partial charge in [0, 0.05) is 37.5 Å². The zero-order chi connectivity index (χ0) is 23.1. The van der Waals surface area contributed by atoms with Crippen LogP contribution in [0, 0.1) is 21.4 Å². The molecule has 1 N–H and O–H groups in total. The molecule has 0 bridgehead atoms. The molecule has 0 saturated heterocycles. The molecule has 3 aromatic carbocycles. The number of thioether (sulfide) groups is 2. The number of amides is 1. The molecule has 0 spiro atoms. The summed E-state index contributed by atoms with van der Waals surface area (Å²) < 4.78 is 0.535. The van der Waals surface area contributed by atoms with Crippen LogP contribution in [0.1, 0.15) is 10.4 Å². The summed E-state index contributed by atoms with van der Waals surface area (Å²) >= 11 is 14.5.